The lowest BCUT2D eigenvalue weighted by Crippen LogP contribution is -2.12. The van der Waals surface area contributed by atoms with Crippen molar-refractivity contribution in [2.75, 3.05) is 11.1 Å². The molecule has 0 bridgehead atoms. The topological polar surface area (TPSA) is 81.2 Å². The van der Waals surface area contributed by atoms with Gasteiger partial charge in [0.05, 0.1) is 11.3 Å². The van der Waals surface area contributed by atoms with Crippen LogP contribution in [0.5, 0.6) is 0 Å². The molecule has 0 aliphatic carbocycles. The molecule has 0 fully saturated rings. The van der Waals surface area contributed by atoms with Crippen molar-refractivity contribution in [3.8, 4) is 0 Å². The van der Waals surface area contributed by atoms with Crippen molar-refractivity contribution in [1.29, 1.82) is 0 Å². The summed E-state index contributed by atoms with van der Waals surface area (Å²) in [4.78, 5) is 14.3. The first kappa shape index (κ1) is 15.2. The molecule has 0 aliphatic rings. The van der Waals surface area contributed by atoms with Gasteiger partial charge < -0.3 is 10.3 Å². The Balaban J connectivity index is 1.82. The summed E-state index contributed by atoms with van der Waals surface area (Å²) in [6.45, 7) is 1.80. The Morgan fingerprint density at radius 2 is 1.91 bits per heavy atom. The molecule has 6 heteroatoms. The minimum atomic E-state index is -0.236. The Hall–Kier alpha value is -2.73. The minimum Gasteiger partial charge on any atom is -0.399 e. The van der Waals surface area contributed by atoms with Crippen LogP contribution >= 0.6 is 11.8 Å². The van der Waals surface area contributed by atoms with Crippen molar-refractivity contribution in [2.45, 2.75) is 16.7 Å². The van der Waals surface area contributed by atoms with Crippen molar-refractivity contribution in [3.05, 3.63) is 65.9 Å². The number of aryl methyl sites for hydroxylation is 1. The monoisotopic (exact) mass is 325 g/mol. The van der Waals surface area contributed by atoms with Gasteiger partial charge in [-0.25, -0.2) is 0 Å². The third-order valence-corrected chi connectivity index (χ3v) is 4.19. The summed E-state index contributed by atoms with van der Waals surface area (Å²) >= 11 is 1.50. The molecule has 2 aromatic carbocycles. The van der Waals surface area contributed by atoms with Gasteiger partial charge >= 0.3 is 0 Å². The first-order valence-electron chi connectivity index (χ1n) is 6.99. The van der Waals surface area contributed by atoms with Gasteiger partial charge in [-0.2, -0.15) is 0 Å². The van der Waals surface area contributed by atoms with Crippen molar-refractivity contribution in [3.63, 3.8) is 0 Å². The highest BCUT2D eigenvalue weighted by molar-refractivity contribution is 7.99. The van der Waals surface area contributed by atoms with E-state index in [-0.39, 0.29) is 5.91 Å². The molecule has 3 N–H and O–H groups in total. The maximum atomic E-state index is 12.5. The van der Waals surface area contributed by atoms with E-state index < -0.39 is 0 Å². The van der Waals surface area contributed by atoms with Crippen molar-refractivity contribution < 1.29 is 9.32 Å². The van der Waals surface area contributed by atoms with Crippen LogP contribution in [0.1, 0.15) is 16.1 Å². The molecular weight excluding hydrogens is 310 g/mol. The van der Waals surface area contributed by atoms with Crippen LogP contribution in [0.3, 0.4) is 0 Å². The zero-order valence-electron chi connectivity index (χ0n) is 12.4. The second-order valence-electron chi connectivity index (χ2n) is 4.95. The molecule has 0 spiro atoms. The average molecular weight is 325 g/mol. The summed E-state index contributed by atoms with van der Waals surface area (Å²) in [5, 5.41) is 6.47. The molecule has 0 aliphatic heterocycles. The summed E-state index contributed by atoms with van der Waals surface area (Å²) in [6.07, 6.45) is 0. The molecule has 0 atom stereocenters. The maximum Gasteiger partial charge on any atom is 0.259 e. The number of nitrogens with two attached hydrogens (primary N) is 1. The normalized spacial score (nSPS) is 10.5. The lowest BCUT2D eigenvalue weighted by molar-refractivity contribution is 0.102. The Kier molecular flexibility index (Phi) is 4.34. The third-order valence-electron chi connectivity index (χ3n) is 3.10. The summed E-state index contributed by atoms with van der Waals surface area (Å²) in [5.41, 5.74) is 7.69. The molecule has 0 unspecified atom stereocenters. The first-order valence-corrected chi connectivity index (χ1v) is 7.80. The Labute approximate surface area is 137 Å². The van der Waals surface area contributed by atoms with Crippen LogP contribution < -0.4 is 11.1 Å². The number of aromatic nitrogens is 1. The largest absolute Gasteiger partial charge is 0.399 e. The molecular formula is C17H15N3O2S. The fraction of sp³-hybridized carbons (Fsp3) is 0.0588. The van der Waals surface area contributed by atoms with E-state index in [9.17, 15) is 4.79 Å². The van der Waals surface area contributed by atoms with Crippen molar-refractivity contribution in [2.24, 2.45) is 0 Å². The number of benzene rings is 2. The van der Waals surface area contributed by atoms with Crippen LogP contribution in [-0.2, 0) is 0 Å². The number of anilines is 2. The SMILES string of the molecule is Cc1cc(NC(=O)c2ccccc2Sc2ccc(N)cc2)on1. The van der Waals surface area contributed by atoms with Crippen LogP contribution in [0, 0.1) is 6.92 Å². The smallest absolute Gasteiger partial charge is 0.259 e. The van der Waals surface area contributed by atoms with Gasteiger partial charge in [0, 0.05) is 21.5 Å². The zero-order chi connectivity index (χ0) is 16.2. The van der Waals surface area contributed by atoms with Gasteiger partial charge in [-0.15, -0.1) is 0 Å². The molecule has 1 aromatic heterocycles. The van der Waals surface area contributed by atoms with Crippen molar-refractivity contribution >= 4 is 29.2 Å². The van der Waals surface area contributed by atoms with Crippen LogP contribution in [0.15, 0.2) is 68.9 Å². The summed E-state index contributed by atoms with van der Waals surface area (Å²) < 4.78 is 5.03. The number of nitrogen functional groups attached to an aromatic ring is 1. The summed E-state index contributed by atoms with van der Waals surface area (Å²) in [6, 6.07) is 16.6. The van der Waals surface area contributed by atoms with E-state index in [0.29, 0.717) is 22.8 Å². The Morgan fingerprint density at radius 3 is 2.61 bits per heavy atom. The molecule has 23 heavy (non-hydrogen) atoms. The predicted octanol–water partition coefficient (Wildman–Crippen LogP) is 3.97. The summed E-state index contributed by atoms with van der Waals surface area (Å²) in [5.74, 6) is 0.0967. The van der Waals surface area contributed by atoms with Crippen LogP contribution in [0.2, 0.25) is 0 Å². The minimum absolute atomic E-state index is 0.236. The lowest BCUT2D eigenvalue weighted by atomic mass is 10.2. The van der Waals surface area contributed by atoms with E-state index in [2.05, 4.69) is 10.5 Å². The van der Waals surface area contributed by atoms with Crippen LogP contribution in [-0.4, -0.2) is 11.1 Å². The molecule has 5 nitrogen and oxygen atoms in total. The van der Waals surface area contributed by atoms with E-state index in [0.717, 1.165) is 9.79 Å². The second kappa shape index (κ2) is 6.58. The van der Waals surface area contributed by atoms with Gasteiger partial charge in [-0.3, -0.25) is 10.1 Å². The van der Waals surface area contributed by atoms with Gasteiger partial charge in [-0.1, -0.05) is 29.1 Å². The zero-order valence-corrected chi connectivity index (χ0v) is 13.3. The Morgan fingerprint density at radius 1 is 1.17 bits per heavy atom. The highest BCUT2D eigenvalue weighted by Crippen LogP contribution is 2.31. The fourth-order valence-electron chi connectivity index (χ4n) is 2.01. The van der Waals surface area contributed by atoms with Gasteiger partial charge in [-0.05, 0) is 43.3 Å². The van der Waals surface area contributed by atoms with Crippen LogP contribution in [0.25, 0.3) is 0 Å². The number of hydrogen-bond acceptors (Lipinski definition) is 5. The molecule has 0 saturated carbocycles. The van der Waals surface area contributed by atoms with Gasteiger partial charge in [0.1, 0.15) is 0 Å². The molecule has 1 heterocycles. The quantitative estimate of drug-likeness (QED) is 0.709. The van der Waals surface area contributed by atoms with Gasteiger partial charge in [0.15, 0.2) is 0 Å². The lowest BCUT2D eigenvalue weighted by Gasteiger charge is -2.08. The highest BCUT2D eigenvalue weighted by Gasteiger charge is 2.14. The fourth-order valence-corrected chi connectivity index (χ4v) is 2.95. The van der Waals surface area contributed by atoms with E-state index in [1.54, 1.807) is 19.1 Å². The Bertz CT molecular complexity index is 828. The first-order chi connectivity index (χ1) is 11.1. The molecule has 1 amide bonds. The number of rotatable bonds is 4. The van der Waals surface area contributed by atoms with Crippen molar-refractivity contribution in [1.82, 2.24) is 5.16 Å². The molecule has 3 aromatic rings. The van der Waals surface area contributed by atoms with E-state index >= 15 is 0 Å². The number of nitrogens with zero attached hydrogens (tertiary/aromatic N) is 1. The molecule has 3 rings (SSSR count). The molecule has 116 valence electrons. The van der Waals surface area contributed by atoms with Crippen LogP contribution in [0.4, 0.5) is 11.6 Å². The number of nitrogens with one attached hydrogen (secondary N) is 1. The average Bonchev–Trinajstić information content (AvgIpc) is 2.95. The third kappa shape index (κ3) is 3.73. The molecule has 0 radical (unpaired) electrons. The summed E-state index contributed by atoms with van der Waals surface area (Å²) in [7, 11) is 0. The van der Waals surface area contributed by atoms with E-state index in [1.807, 2.05) is 42.5 Å². The van der Waals surface area contributed by atoms with Gasteiger partial charge in [0.25, 0.3) is 5.91 Å². The number of amides is 1. The standard InChI is InChI=1S/C17H15N3O2S/c1-11-10-16(22-20-11)19-17(21)14-4-2-3-5-15(14)23-13-8-6-12(18)7-9-13/h2-10H,18H2,1H3,(H,19,21). The van der Waals surface area contributed by atoms with Gasteiger partial charge in [0.2, 0.25) is 5.88 Å². The highest BCUT2D eigenvalue weighted by atomic mass is 32.2. The predicted molar refractivity (Wildman–Crippen MR) is 90.6 cm³/mol. The number of carbonyl (C=O) groups is 1. The molecule has 0 saturated heterocycles. The maximum absolute atomic E-state index is 12.5. The number of hydrogen-bond donors (Lipinski definition) is 2. The number of carbonyl (C=O) groups excluding carboxylic acids is 1. The second-order valence-corrected chi connectivity index (χ2v) is 6.07. The van der Waals surface area contributed by atoms with E-state index in [1.165, 1.54) is 11.8 Å². The van der Waals surface area contributed by atoms with E-state index in [4.69, 9.17) is 10.3 Å².